The number of nitrogens with two attached hydrogens (primary N) is 1. The fourth-order valence-electron chi connectivity index (χ4n) is 1.65. The lowest BCUT2D eigenvalue weighted by atomic mass is 10.1. The van der Waals surface area contributed by atoms with Gasteiger partial charge in [-0.25, -0.2) is 9.97 Å². The average Bonchev–Trinajstić information content (AvgIpc) is 2.98. The van der Waals surface area contributed by atoms with E-state index in [-0.39, 0.29) is 0 Å². The molecule has 18 heavy (non-hydrogen) atoms. The Hall–Kier alpha value is -1.43. The van der Waals surface area contributed by atoms with Crippen molar-refractivity contribution in [3.8, 4) is 21.1 Å². The van der Waals surface area contributed by atoms with Gasteiger partial charge in [0.25, 0.3) is 0 Å². The van der Waals surface area contributed by atoms with Crippen LogP contribution in [0.2, 0.25) is 5.02 Å². The van der Waals surface area contributed by atoms with Crippen molar-refractivity contribution in [3.63, 3.8) is 0 Å². The van der Waals surface area contributed by atoms with E-state index in [9.17, 15) is 0 Å². The molecule has 0 unspecified atom stereocenters. The van der Waals surface area contributed by atoms with E-state index in [0.29, 0.717) is 10.2 Å². The molecular weight excluding hydrogens is 286 g/mol. The van der Waals surface area contributed by atoms with Crippen LogP contribution in [0.5, 0.6) is 0 Å². The van der Waals surface area contributed by atoms with Crippen molar-refractivity contribution < 1.29 is 0 Å². The quantitative estimate of drug-likeness (QED) is 0.771. The van der Waals surface area contributed by atoms with Gasteiger partial charge in [-0.3, -0.25) is 0 Å². The fourth-order valence-corrected chi connectivity index (χ4v) is 3.51. The number of hydrogen-bond donors (Lipinski definition) is 1. The van der Waals surface area contributed by atoms with Gasteiger partial charge in [-0.15, -0.1) is 11.3 Å². The third kappa shape index (κ3) is 2.01. The normalized spacial score (nSPS) is 10.7. The van der Waals surface area contributed by atoms with Crippen molar-refractivity contribution in [2.24, 2.45) is 0 Å². The van der Waals surface area contributed by atoms with Crippen molar-refractivity contribution >= 4 is 39.4 Å². The van der Waals surface area contributed by atoms with E-state index in [1.54, 1.807) is 6.20 Å². The second-order valence-corrected chi connectivity index (χ2v) is 5.88. The van der Waals surface area contributed by atoms with Crippen LogP contribution in [0.1, 0.15) is 0 Å². The lowest BCUT2D eigenvalue weighted by Gasteiger charge is -2.02. The molecule has 0 fully saturated rings. The minimum Gasteiger partial charge on any atom is -0.375 e. The highest BCUT2D eigenvalue weighted by atomic mass is 35.5. The maximum Gasteiger partial charge on any atom is 0.181 e. The van der Waals surface area contributed by atoms with Crippen LogP contribution in [-0.2, 0) is 0 Å². The minimum absolute atomic E-state index is 0.523. The maximum absolute atomic E-state index is 6.22. The molecular formula is C12H8ClN3S2. The number of aromatic nitrogens is 2. The topological polar surface area (TPSA) is 51.8 Å². The van der Waals surface area contributed by atoms with Crippen molar-refractivity contribution in [2.75, 3.05) is 5.73 Å². The number of thiazole rings is 2. The van der Waals surface area contributed by atoms with Gasteiger partial charge >= 0.3 is 0 Å². The lowest BCUT2D eigenvalue weighted by molar-refractivity contribution is 1.35. The molecule has 2 N–H and O–H groups in total. The summed E-state index contributed by atoms with van der Waals surface area (Å²) >= 11 is 9.19. The molecule has 0 amide bonds. The predicted molar refractivity (Wildman–Crippen MR) is 78.1 cm³/mol. The third-order valence-electron chi connectivity index (χ3n) is 2.40. The Bertz CT molecular complexity index is 676. The fraction of sp³-hybridized carbons (Fsp3) is 0. The molecule has 6 heteroatoms. The van der Waals surface area contributed by atoms with Gasteiger partial charge in [0.05, 0.1) is 4.88 Å². The predicted octanol–water partition coefficient (Wildman–Crippen LogP) is 4.17. The molecule has 0 saturated heterocycles. The highest BCUT2D eigenvalue weighted by Crippen LogP contribution is 2.41. The van der Waals surface area contributed by atoms with Crippen molar-refractivity contribution in [3.05, 3.63) is 40.9 Å². The zero-order valence-electron chi connectivity index (χ0n) is 9.13. The first-order valence-electron chi connectivity index (χ1n) is 5.17. The van der Waals surface area contributed by atoms with Crippen LogP contribution in [0, 0.1) is 0 Å². The van der Waals surface area contributed by atoms with Gasteiger partial charge in [0, 0.05) is 22.2 Å². The van der Waals surface area contributed by atoms with Crippen LogP contribution in [0.15, 0.2) is 35.8 Å². The Morgan fingerprint density at radius 1 is 1.22 bits per heavy atom. The molecule has 3 rings (SSSR count). The number of rotatable bonds is 2. The van der Waals surface area contributed by atoms with Gasteiger partial charge in [-0.1, -0.05) is 41.1 Å². The van der Waals surface area contributed by atoms with Crippen LogP contribution in [-0.4, -0.2) is 9.97 Å². The van der Waals surface area contributed by atoms with Crippen LogP contribution >= 0.6 is 34.3 Å². The van der Waals surface area contributed by atoms with Crippen molar-refractivity contribution in [1.29, 1.82) is 0 Å². The molecule has 3 aromatic rings. The van der Waals surface area contributed by atoms with Crippen molar-refractivity contribution in [2.45, 2.75) is 0 Å². The van der Waals surface area contributed by atoms with Crippen LogP contribution < -0.4 is 5.73 Å². The van der Waals surface area contributed by atoms with Crippen molar-refractivity contribution in [1.82, 2.24) is 9.97 Å². The summed E-state index contributed by atoms with van der Waals surface area (Å²) in [6, 6.07) is 7.67. The second-order valence-electron chi connectivity index (χ2n) is 3.55. The monoisotopic (exact) mass is 293 g/mol. The second kappa shape index (κ2) is 4.68. The zero-order chi connectivity index (χ0) is 12.5. The summed E-state index contributed by atoms with van der Waals surface area (Å²) in [6.45, 7) is 0. The van der Waals surface area contributed by atoms with E-state index >= 15 is 0 Å². The molecule has 2 heterocycles. The molecule has 0 bridgehead atoms. The van der Waals surface area contributed by atoms with Gasteiger partial charge in [-0.2, -0.15) is 0 Å². The van der Waals surface area contributed by atoms with E-state index < -0.39 is 0 Å². The Kier molecular flexibility index (Phi) is 3.03. The first kappa shape index (κ1) is 11.6. The van der Waals surface area contributed by atoms with E-state index in [2.05, 4.69) is 9.97 Å². The number of anilines is 1. The van der Waals surface area contributed by atoms with Gasteiger partial charge < -0.3 is 5.73 Å². The summed E-state index contributed by atoms with van der Waals surface area (Å²) in [5, 5.41) is 3.99. The van der Waals surface area contributed by atoms with Crippen LogP contribution in [0.25, 0.3) is 21.1 Å². The van der Waals surface area contributed by atoms with Gasteiger partial charge in [0.2, 0.25) is 0 Å². The standard InChI is InChI=1S/C12H8ClN3S2/c13-8-4-2-1-3-7(8)10-9(16-12(14)18-10)11-15-5-6-17-11/h1-6H,(H2,14,16). The first-order chi connectivity index (χ1) is 8.75. The van der Waals surface area contributed by atoms with Gasteiger partial charge in [0.1, 0.15) is 10.7 Å². The summed E-state index contributed by atoms with van der Waals surface area (Å²) in [5.74, 6) is 0. The van der Waals surface area contributed by atoms with E-state index in [1.165, 1.54) is 22.7 Å². The van der Waals surface area contributed by atoms with Gasteiger partial charge in [-0.05, 0) is 6.07 Å². The smallest absolute Gasteiger partial charge is 0.181 e. The Morgan fingerprint density at radius 3 is 2.78 bits per heavy atom. The summed E-state index contributed by atoms with van der Waals surface area (Å²) in [6.07, 6.45) is 1.76. The molecule has 0 aliphatic rings. The Balaban J connectivity index is 2.22. The molecule has 0 spiro atoms. The number of halogens is 1. The molecule has 90 valence electrons. The van der Waals surface area contributed by atoms with Gasteiger partial charge in [0.15, 0.2) is 5.13 Å². The number of nitrogen functional groups attached to an aromatic ring is 1. The number of benzene rings is 1. The highest BCUT2D eigenvalue weighted by Gasteiger charge is 2.17. The molecule has 2 aromatic heterocycles. The number of hydrogen-bond acceptors (Lipinski definition) is 5. The summed E-state index contributed by atoms with van der Waals surface area (Å²) in [4.78, 5) is 9.60. The van der Waals surface area contributed by atoms with E-state index in [0.717, 1.165) is 21.1 Å². The Morgan fingerprint density at radius 2 is 2.06 bits per heavy atom. The molecule has 0 atom stereocenters. The number of nitrogens with zero attached hydrogens (tertiary/aromatic N) is 2. The molecule has 3 nitrogen and oxygen atoms in total. The summed E-state index contributed by atoms with van der Waals surface area (Å²) < 4.78 is 0. The highest BCUT2D eigenvalue weighted by molar-refractivity contribution is 7.20. The van der Waals surface area contributed by atoms with E-state index in [1.807, 2.05) is 29.6 Å². The SMILES string of the molecule is Nc1nc(-c2nccs2)c(-c2ccccc2Cl)s1. The third-order valence-corrected chi connectivity index (χ3v) is 4.42. The molecule has 0 saturated carbocycles. The van der Waals surface area contributed by atoms with Crippen LogP contribution in [0.4, 0.5) is 5.13 Å². The molecule has 0 radical (unpaired) electrons. The molecule has 0 aliphatic carbocycles. The lowest BCUT2D eigenvalue weighted by Crippen LogP contribution is -1.83. The summed E-state index contributed by atoms with van der Waals surface area (Å²) in [5.41, 5.74) is 7.56. The Labute approximate surface area is 117 Å². The maximum atomic E-state index is 6.22. The summed E-state index contributed by atoms with van der Waals surface area (Å²) in [7, 11) is 0. The largest absolute Gasteiger partial charge is 0.375 e. The molecule has 1 aromatic carbocycles. The average molecular weight is 294 g/mol. The minimum atomic E-state index is 0.523. The zero-order valence-corrected chi connectivity index (χ0v) is 11.5. The van der Waals surface area contributed by atoms with E-state index in [4.69, 9.17) is 17.3 Å². The van der Waals surface area contributed by atoms with Crippen LogP contribution in [0.3, 0.4) is 0 Å². The first-order valence-corrected chi connectivity index (χ1v) is 7.24. The molecule has 0 aliphatic heterocycles.